The van der Waals surface area contributed by atoms with Gasteiger partial charge in [-0.1, -0.05) is 22.8 Å². The van der Waals surface area contributed by atoms with Gasteiger partial charge in [-0.05, 0) is 17.7 Å². The van der Waals surface area contributed by atoms with E-state index in [0.717, 1.165) is 6.07 Å². The maximum Gasteiger partial charge on any atom is 0.262 e. The van der Waals surface area contributed by atoms with E-state index in [1.54, 1.807) is 0 Å². The number of benzene rings is 1. The van der Waals surface area contributed by atoms with Crippen molar-refractivity contribution in [3.63, 3.8) is 0 Å². The van der Waals surface area contributed by atoms with Crippen LogP contribution in [0.25, 0.3) is 10.4 Å². The van der Waals surface area contributed by atoms with Gasteiger partial charge in [-0.25, -0.2) is 8.42 Å². The normalized spacial score (nSPS) is 10.7. The van der Waals surface area contributed by atoms with Crippen LogP contribution in [-0.4, -0.2) is 8.42 Å². The number of azide groups is 1. The predicted octanol–water partition coefficient (Wildman–Crippen LogP) is 3.21. The van der Waals surface area contributed by atoms with E-state index >= 15 is 0 Å². The molecular formula is C6H3Cl2N3O2S. The molecule has 1 aromatic carbocycles. The highest BCUT2D eigenvalue weighted by Gasteiger charge is 2.14. The van der Waals surface area contributed by atoms with Crippen LogP contribution in [0, 0.1) is 0 Å². The highest BCUT2D eigenvalue weighted by atomic mass is 35.7. The molecule has 1 rings (SSSR count). The Morgan fingerprint density at radius 3 is 2.57 bits per heavy atom. The number of nitrogens with zero attached hydrogens (tertiary/aromatic N) is 3. The quantitative estimate of drug-likeness (QED) is 0.350. The van der Waals surface area contributed by atoms with Crippen LogP contribution in [-0.2, 0) is 9.05 Å². The lowest BCUT2D eigenvalue weighted by Gasteiger charge is -2.00. The van der Waals surface area contributed by atoms with Gasteiger partial charge in [0.25, 0.3) is 9.05 Å². The Hall–Kier alpha value is -0.940. The molecule has 0 fully saturated rings. The molecule has 0 radical (unpaired) electrons. The zero-order chi connectivity index (χ0) is 10.8. The van der Waals surface area contributed by atoms with Crippen molar-refractivity contribution in [2.45, 2.75) is 4.90 Å². The molecule has 0 aliphatic heterocycles. The van der Waals surface area contributed by atoms with E-state index in [4.69, 9.17) is 27.8 Å². The summed E-state index contributed by atoms with van der Waals surface area (Å²) in [6, 6.07) is 3.78. The molecule has 0 N–H and O–H groups in total. The zero-order valence-corrected chi connectivity index (χ0v) is 8.88. The van der Waals surface area contributed by atoms with Crippen LogP contribution >= 0.6 is 22.3 Å². The summed E-state index contributed by atoms with van der Waals surface area (Å²) in [7, 11) is 1.17. The van der Waals surface area contributed by atoms with E-state index in [1.807, 2.05) is 0 Å². The maximum atomic E-state index is 11.0. The second-order valence-corrected chi connectivity index (χ2v) is 5.18. The summed E-state index contributed by atoms with van der Waals surface area (Å²) < 4.78 is 21.9. The van der Waals surface area contributed by atoms with Crippen molar-refractivity contribution in [1.82, 2.24) is 0 Å². The van der Waals surface area contributed by atoms with E-state index in [2.05, 4.69) is 10.0 Å². The minimum absolute atomic E-state index is 0.0168. The minimum Gasteiger partial charge on any atom is -0.207 e. The second kappa shape index (κ2) is 4.06. The summed E-state index contributed by atoms with van der Waals surface area (Å²) in [5.41, 5.74) is 8.26. The molecule has 0 amide bonds. The van der Waals surface area contributed by atoms with Gasteiger partial charge in [-0.2, -0.15) is 0 Å². The van der Waals surface area contributed by atoms with Crippen LogP contribution in [0.3, 0.4) is 0 Å². The largest absolute Gasteiger partial charge is 0.262 e. The lowest BCUT2D eigenvalue weighted by molar-refractivity contribution is 0.609. The predicted molar refractivity (Wildman–Crippen MR) is 53.3 cm³/mol. The third kappa shape index (κ3) is 2.52. The molecule has 74 valence electrons. The number of hydrogen-bond acceptors (Lipinski definition) is 3. The number of rotatable bonds is 2. The Morgan fingerprint density at radius 2 is 2.07 bits per heavy atom. The van der Waals surface area contributed by atoms with Crippen molar-refractivity contribution in [3.8, 4) is 0 Å². The first-order valence-electron chi connectivity index (χ1n) is 3.24. The molecule has 0 saturated heterocycles. The zero-order valence-electron chi connectivity index (χ0n) is 6.55. The van der Waals surface area contributed by atoms with Gasteiger partial charge >= 0.3 is 0 Å². The van der Waals surface area contributed by atoms with E-state index in [1.165, 1.54) is 12.1 Å². The summed E-state index contributed by atoms with van der Waals surface area (Å²) in [4.78, 5) is 2.23. The average molecular weight is 252 g/mol. The van der Waals surface area contributed by atoms with Gasteiger partial charge in [0, 0.05) is 21.3 Å². The smallest absolute Gasteiger partial charge is 0.207 e. The summed E-state index contributed by atoms with van der Waals surface area (Å²) >= 11 is 5.58. The molecule has 0 saturated carbocycles. The first kappa shape index (κ1) is 11.1. The summed E-state index contributed by atoms with van der Waals surface area (Å²) in [6.07, 6.45) is 0. The molecule has 0 atom stereocenters. The van der Waals surface area contributed by atoms with E-state index in [9.17, 15) is 8.42 Å². The molecule has 14 heavy (non-hydrogen) atoms. The van der Waals surface area contributed by atoms with E-state index in [-0.39, 0.29) is 15.6 Å². The van der Waals surface area contributed by atoms with Crippen LogP contribution in [0.5, 0.6) is 0 Å². The third-order valence-electron chi connectivity index (χ3n) is 1.34. The first-order chi connectivity index (χ1) is 6.45. The van der Waals surface area contributed by atoms with E-state index < -0.39 is 9.05 Å². The maximum absolute atomic E-state index is 11.0. The molecule has 0 unspecified atom stereocenters. The minimum atomic E-state index is -3.92. The van der Waals surface area contributed by atoms with Crippen molar-refractivity contribution >= 4 is 37.0 Å². The Kier molecular flexibility index (Phi) is 3.23. The van der Waals surface area contributed by atoms with Gasteiger partial charge in [0.15, 0.2) is 0 Å². The van der Waals surface area contributed by atoms with Gasteiger partial charge in [0.1, 0.15) is 4.90 Å². The Morgan fingerprint density at radius 1 is 1.43 bits per heavy atom. The molecular weight excluding hydrogens is 249 g/mol. The Bertz CT molecular complexity index is 508. The van der Waals surface area contributed by atoms with Gasteiger partial charge in [0.2, 0.25) is 0 Å². The molecule has 8 heteroatoms. The molecule has 0 heterocycles. The van der Waals surface area contributed by atoms with Crippen molar-refractivity contribution < 1.29 is 8.42 Å². The van der Waals surface area contributed by atoms with Gasteiger partial charge in [-0.3, -0.25) is 0 Å². The molecule has 0 aromatic heterocycles. The van der Waals surface area contributed by atoms with Gasteiger partial charge in [-0.15, -0.1) is 0 Å². The van der Waals surface area contributed by atoms with Gasteiger partial charge < -0.3 is 0 Å². The fraction of sp³-hybridized carbons (Fsp3) is 0. The molecule has 0 spiro atoms. The standard InChI is InChI=1S/C6H3Cl2N3O2S/c7-5-2-1-4(10-11-9)3-6(5)14(8,12)13/h1-3H. The highest BCUT2D eigenvalue weighted by Crippen LogP contribution is 2.28. The molecule has 0 aliphatic carbocycles. The number of halogens is 2. The fourth-order valence-electron chi connectivity index (χ4n) is 0.793. The summed E-state index contributed by atoms with van der Waals surface area (Å²) in [6.45, 7) is 0. The summed E-state index contributed by atoms with van der Waals surface area (Å²) in [5.74, 6) is 0. The Labute approximate surface area is 89.3 Å². The van der Waals surface area contributed by atoms with Crippen LogP contribution in [0.1, 0.15) is 0 Å². The molecule has 0 aliphatic rings. The summed E-state index contributed by atoms with van der Waals surface area (Å²) in [5, 5.41) is 3.20. The van der Waals surface area contributed by atoms with Gasteiger partial charge in [0.05, 0.1) is 5.02 Å². The van der Waals surface area contributed by atoms with Crippen molar-refractivity contribution in [2.24, 2.45) is 5.11 Å². The molecule has 5 nitrogen and oxygen atoms in total. The lowest BCUT2D eigenvalue weighted by atomic mass is 10.3. The van der Waals surface area contributed by atoms with Crippen molar-refractivity contribution in [2.75, 3.05) is 0 Å². The third-order valence-corrected chi connectivity index (χ3v) is 3.14. The fourth-order valence-corrected chi connectivity index (χ4v) is 2.28. The van der Waals surface area contributed by atoms with Crippen LogP contribution < -0.4 is 0 Å². The lowest BCUT2D eigenvalue weighted by Crippen LogP contribution is -1.90. The second-order valence-electron chi connectivity index (χ2n) is 2.24. The molecule has 0 bridgehead atoms. The monoisotopic (exact) mass is 251 g/mol. The molecule has 1 aromatic rings. The van der Waals surface area contributed by atoms with Crippen LogP contribution in [0.15, 0.2) is 28.2 Å². The topological polar surface area (TPSA) is 82.9 Å². The highest BCUT2D eigenvalue weighted by molar-refractivity contribution is 8.13. The van der Waals surface area contributed by atoms with Crippen LogP contribution in [0.2, 0.25) is 5.02 Å². The SMILES string of the molecule is [N-]=[N+]=Nc1ccc(Cl)c(S(=O)(=O)Cl)c1. The number of hydrogen-bond donors (Lipinski definition) is 0. The van der Waals surface area contributed by atoms with Crippen molar-refractivity contribution in [1.29, 1.82) is 0 Å². The van der Waals surface area contributed by atoms with E-state index in [0.29, 0.717) is 0 Å². The van der Waals surface area contributed by atoms with Crippen LogP contribution in [0.4, 0.5) is 5.69 Å². The Balaban J connectivity index is 3.43. The van der Waals surface area contributed by atoms with Crippen molar-refractivity contribution in [3.05, 3.63) is 33.7 Å². The average Bonchev–Trinajstić information content (AvgIpc) is 2.07. The first-order valence-corrected chi connectivity index (χ1v) is 5.93.